The molecule has 72 heavy (non-hydrogen) atoms. The minimum atomic E-state index is -1.90. The topological polar surface area (TPSA) is 148 Å². The Balaban J connectivity index is 0.000000380. The van der Waals surface area contributed by atoms with E-state index in [1.807, 2.05) is 27.7 Å². The number of ether oxygens (including phenoxy) is 6. The Bertz CT molecular complexity index is 1510. The van der Waals surface area contributed by atoms with Crippen LogP contribution in [0.15, 0.2) is 12.2 Å². The fourth-order valence-corrected chi connectivity index (χ4v) is 12.0. The predicted molar refractivity (Wildman–Crippen MR) is 295 cm³/mol. The fraction of sp³-hybridized carbons (Fsp3) is 0.931. The lowest BCUT2D eigenvalue weighted by molar-refractivity contribution is -0.198. The molecular weight excluding hydrogens is 945 g/mol. The molecule has 0 aromatic heterocycles. The number of rotatable bonds is 29. The minimum absolute atomic E-state index is 0.00321. The fourth-order valence-electron chi connectivity index (χ4n) is 9.96. The van der Waals surface area contributed by atoms with Crippen molar-refractivity contribution in [2.45, 2.75) is 296 Å². The van der Waals surface area contributed by atoms with Crippen molar-refractivity contribution in [2.75, 3.05) is 26.4 Å². The zero-order chi connectivity index (χ0) is 53.5. The molecule has 2 aliphatic heterocycles. The molecule has 0 bridgehead atoms. The third-order valence-corrected chi connectivity index (χ3v) is 25.5. The van der Waals surface area contributed by atoms with Crippen LogP contribution in [0.1, 0.15) is 210 Å². The molecule has 4 aliphatic rings. The molecule has 14 heteroatoms. The van der Waals surface area contributed by atoms with Crippen LogP contribution in [0.3, 0.4) is 0 Å². The number of unbranched alkanes of at least 4 members (excludes halogenated alkanes) is 8. The van der Waals surface area contributed by atoms with Crippen LogP contribution in [0.2, 0.25) is 36.3 Å². The van der Waals surface area contributed by atoms with Gasteiger partial charge in [0.15, 0.2) is 29.2 Å². The van der Waals surface area contributed by atoms with E-state index in [4.69, 9.17) is 37.3 Å². The maximum atomic E-state index is 11.6. The smallest absolute Gasteiger partial charge is 0.306 e. The second-order valence-electron chi connectivity index (χ2n) is 25.4. The van der Waals surface area contributed by atoms with Gasteiger partial charge in [-0.1, -0.05) is 92.2 Å². The molecule has 2 unspecified atom stereocenters. The Labute approximate surface area is 442 Å². The van der Waals surface area contributed by atoms with E-state index in [9.17, 15) is 19.8 Å². The Kier molecular flexibility index (Phi) is 29.4. The molecule has 0 aromatic carbocycles. The summed E-state index contributed by atoms with van der Waals surface area (Å²) in [4.78, 5) is 23.3. The first-order chi connectivity index (χ1) is 33.8. The first-order valence-electron chi connectivity index (χ1n) is 29.0. The summed E-state index contributed by atoms with van der Waals surface area (Å²) in [6.45, 7) is 33.2. The highest BCUT2D eigenvalue weighted by Crippen LogP contribution is 2.44. The van der Waals surface area contributed by atoms with Crippen molar-refractivity contribution >= 4 is 28.6 Å². The number of carbonyl (C=O) groups excluding carboxylic acids is 2. The van der Waals surface area contributed by atoms with Crippen molar-refractivity contribution in [2.24, 2.45) is 23.7 Å². The molecule has 2 aliphatic carbocycles. The van der Waals surface area contributed by atoms with Crippen molar-refractivity contribution in [1.29, 1.82) is 0 Å². The highest BCUT2D eigenvalue weighted by molar-refractivity contribution is 6.74. The number of aliphatic hydroxyl groups excluding tert-OH is 2. The van der Waals surface area contributed by atoms with E-state index in [1.54, 1.807) is 0 Å². The van der Waals surface area contributed by atoms with E-state index in [2.05, 4.69) is 79.9 Å². The summed E-state index contributed by atoms with van der Waals surface area (Å²) in [5, 5.41) is 22.3. The molecule has 2 N–H and O–H groups in total. The molecule has 2 heterocycles. The molecule has 4 rings (SSSR count). The lowest BCUT2D eigenvalue weighted by Crippen LogP contribution is -2.44. The van der Waals surface area contributed by atoms with E-state index >= 15 is 0 Å². The van der Waals surface area contributed by atoms with Crippen LogP contribution < -0.4 is 0 Å². The molecule has 422 valence electrons. The molecule has 0 aromatic rings. The molecule has 0 spiro atoms. The Morgan fingerprint density at radius 2 is 0.986 bits per heavy atom. The number of carbonyl (C=O) groups is 2. The van der Waals surface area contributed by atoms with Gasteiger partial charge in [0.2, 0.25) is 0 Å². The van der Waals surface area contributed by atoms with E-state index in [-0.39, 0.29) is 94.9 Å². The molecule has 2 saturated heterocycles. The van der Waals surface area contributed by atoms with Gasteiger partial charge in [-0.3, -0.25) is 9.59 Å². The monoisotopic (exact) mass is 1050 g/mol. The lowest BCUT2D eigenvalue weighted by Gasteiger charge is -2.38. The first-order valence-corrected chi connectivity index (χ1v) is 34.8. The van der Waals surface area contributed by atoms with Crippen molar-refractivity contribution in [3.05, 3.63) is 12.2 Å². The zero-order valence-corrected chi connectivity index (χ0v) is 50.4. The quantitative estimate of drug-likeness (QED) is 0.0318. The maximum Gasteiger partial charge on any atom is 0.306 e. The SMILES string of the molecule is CC(C)OC(=O)CCCCC/C=C\C[C@@H]1[C@@H](CO[Si](C)(C)C(C)(C)C)[C@H](OC2CCCCO2)C[C@@H]1O.CC(C)OC(=O)CCCCCCCC[C@@H]1[C@@H](CO[Si](C)(C)C(C)(C)C)[C@H](OC2CCCCO2)C[C@@H]1O. The van der Waals surface area contributed by atoms with Crippen molar-refractivity contribution in [3.8, 4) is 0 Å². The highest BCUT2D eigenvalue weighted by Gasteiger charge is 2.48. The van der Waals surface area contributed by atoms with Crippen LogP contribution in [0, 0.1) is 23.7 Å². The summed E-state index contributed by atoms with van der Waals surface area (Å²) >= 11 is 0. The molecule has 4 fully saturated rings. The second kappa shape index (κ2) is 32.5. The predicted octanol–water partition coefficient (Wildman–Crippen LogP) is 13.8. The molecule has 0 amide bonds. The number of hydrogen-bond acceptors (Lipinski definition) is 12. The number of hydrogen-bond donors (Lipinski definition) is 2. The van der Waals surface area contributed by atoms with E-state index in [0.29, 0.717) is 38.9 Å². The van der Waals surface area contributed by atoms with Gasteiger partial charge in [-0.15, -0.1) is 0 Å². The summed E-state index contributed by atoms with van der Waals surface area (Å²) < 4.78 is 48.3. The second-order valence-corrected chi connectivity index (χ2v) is 35.0. The molecule has 2 saturated carbocycles. The summed E-state index contributed by atoms with van der Waals surface area (Å²) in [5.41, 5.74) is 0. The van der Waals surface area contributed by atoms with Crippen molar-refractivity contribution in [1.82, 2.24) is 0 Å². The van der Waals surface area contributed by atoms with Gasteiger partial charge in [0.25, 0.3) is 0 Å². The van der Waals surface area contributed by atoms with E-state index < -0.39 is 16.6 Å². The van der Waals surface area contributed by atoms with Crippen molar-refractivity contribution in [3.63, 3.8) is 0 Å². The number of allylic oxidation sites excluding steroid dienone is 2. The van der Waals surface area contributed by atoms with Crippen LogP contribution >= 0.6 is 0 Å². The standard InChI is InChI=1S/C29H56O6Si.C29H54O6Si/c2*1-22(2)34-27(31)17-13-11-9-8-10-12-16-23-24(21-33-36(6,7)29(3,4)5)26(20-25(23)30)35-28-18-14-15-19-32-28/h22-26,28,30H,8-21H2,1-7H3;10,12,22-26,28,30H,8-9,11,13-21H2,1-7H3/b;12-10-/t2*23-,24-,25+,26-,28?/m11/s1. The normalized spacial score (nSPS) is 27.6. The Hall–Kier alpha value is -1.21. The summed E-state index contributed by atoms with van der Waals surface area (Å²) in [6, 6.07) is 0. The van der Waals surface area contributed by atoms with Crippen LogP contribution in [-0.4, -0.2) is 114 Å². The summed E-state index contributed by atoms with van der Waals surface area (Å²) in [7, 11) is -3.78. The Morgan fingerprint density at radius 3 is 1.42 bits per heavy atom. The van der Waals surface area contributed by atoms with Crippen LogP contribution in [0.25, 0.3) is 0 Å². The number of aliphatic hydroxyl groups is 2. The lowest BCUT2D eigenvalue weighted by atomic mass is 9.89. The summed E-state index contributed by atoms with van der Waals surface area (Å²) in [6.07, 6.45) is 24.4. The van der Waals surface area contributed by atoms with Gasteiger partial charge >= 0.3 is 11.9 Å². The van der Waals surface area contributed by atoms with E-state index in [0.717, 1.165) is 122 Å². The zero-order valence-electron chi connectivity index (χ0n) is 48.4. The van der Waals surface area contributed by atoms with Gasteiger partial charge in [0.1, 0.15) is 0 Å². The molecular formula is C58H110O12Si2. The molecule has 0 radical (unpaired) electrons. The summed E-state index contributed by atoms with van der Waals surface area (Å²) in [5.74, 6) is 0.543. The average Bonchev–Trinajstić information content (AvgIpc) is 3.75. The van der Waals surface area contributed by atoms with Gasteiger partial charge in [-0.25, -0.2) is 0 Å². The average molecular weight is 1060 g/mol. The minimum Gasteiger partial charge on any atom is -0.463 e. The number of esters is 2. The van der Waals surface area contributed by atoms with Gasteiger partial charge in [0.05, 0.1) is 36.6 Å². The highest BCUT2D eigenvalue weighted by atomic mass is 28.4. The van der Waals surface area contributed by atoms with Crippen molar-refractivity contribution < 1.29 is 57.1 Å². The Morgan fingerprint density at radius 1 is 0.569 bits per heavy atom. The third-order valence-electron chi connectivity index (χ3n) is 16.5. The first kappa shape index (κ1) is 65.1. The van der Waals surface area contributed by atoms with Crippen LogP contribution in [0.5, 0.6) is 0 Å². The van der Waals surface area contributed by atoms with Gasteiger partial charge in [-0.05, 0) is 153 Å². The maximum absolute atomic E-state index is 11.6. The van der Waals surface area contributed by atoms with Crippen LogP contribution in [-0.2, 0) is 46.9 Å². The third kappa shape index (κ3) is 24.0. The van der Waals surface area contributed by atoms with Gasteiger partial charge < -0.3 is 47.5 Å². The van der Waals surface area contributed by atoms with Crippen LogP contribution in [0.4, 0.5) is 0 Å². The molecule has 12 nitrogen and oxygen atoms in total. The largest absolute Gasteiger partial charge is 0.463 e. The van der Waals surface area contributed by atoms with Gasteiger partial charge in [0, 0.05) is 63.9 Å². The molecule has 10 atom stereocenters. The van der Waals surface area contributed by atoms with Gasteiger partial charge in [-0.2, -0.15) is 0 Å². The van der Waals surface area contributed by atoms with E-state index in [1.165, 1.54) is 6.42 Å².